The second kappa shape index (κ2) is 27.9. The molecule has 0 aliphatic heterocycles. The molecule has 0 aliphatic carbocycles. The molecule has 62 heavy (non-hydrogen) atoms. The van der Waals surface area contributed by atoms with Crippen LogP contribution in [0.1, 0.15) is 101 Å². The molecule has 3 aromatic rings. The van der Waals surface area contributed by atoms with Crippen molar-refractivity contribution in [3.63, 3.8) is 0 Å². The first-order valence-electron chi connectivity index (χ1n) is 22.3. The van der Waals surface area contributed by atoms with E-state index in [0.29, 0.717) is 75.5 Å². The van der Waals surface area contributed by atoms with E-state index in [1.165, 1.54) is 0 Å². The summed E-state index contributed by atoms with van der Waals surface area (Å²) in [5, 5.41) is 32.2. The Balaban J connectivity index is 1.71. The molecule has 0 fully saturated rings. The van der Waals surface area contributed by atoms with Crippen molar-refractivity contribution in [3.05, 3.63) is 82.9 Å². The van der Waals surface area contributed by atoms with Crippen LogP contribution in [0.15, 0.2) is 60.7 Å². The maximum Gasteiger partial charge on any atom is 0.123 e. The molecule has 0 aliphatic rings. The zero-order chi connectivity index (χ0) is 45.3. The van der Waals surface area contributed by atoms with Crippen LogP contribution >= 0.6 is 0 Å². The zero-order valence-electron chi connectivity index (χ0n) is 38.8. The van der Waals surface area contributed by atoms with E-state index in [2.05, 4.69) is 48.6 Å². The Kier molecular flexibility index (Phi) is 22.8. The van der Waals surface area contributed by atoms with E-state index in [0.717, 1.165) is 97.1 Å². The van der Waals surface area contributed by atoms with Crippen molar-refractivity contribution in [1.82, 2.24) is 19.6 Å². The number of hydrogen-bond acceptors (Lipinski definition) is 8. The third-order valence-electron chi connectivity index (χ3n) is 10.5. The largest absolute Gasteiger partial charge is 0.493 e. The summed E-state index contributed by atoms with van der Waals surface area (Å²) >= 11 is 0. The first-order valence-corrected chi connectivity index (χ1v) is 22.3. The van der Waals surface area contributed by atoms with Gasteiger partial charge in [-0.3, -0.25) is 21.6 Å². The first-order chi connectivity index (χ1) is 29.8. The molecule has 0 radical (unpaired) electrons. The average Bonchev–Trinajstić information content (AvgIpc) is 3.29. The normalized spacial score (nSPS) is 11.1. The second-order valence-corrected chi connectivity index (χ2v) is 15.5. The fourth-order valence-corrected chi connectivity index (χ4v) is 6.40. The Morgan fingerprint density at radius 3 is 0.839 bits per heavy atom. The van der Waals surface area contributed by atoms with Crippen LogP contribution in [0.25, 0.3) is 24.3 Å². The highest BCUT2D eigenvalue weighted by atomic mass is 16.5. The van der Waals surface area contributed by atoms with Crippen molar-refractivity contribution in [2.75, 3.05) is 80.8 Å². The monoisotopic (exact) mass is 851 g/mol. The van der Waals surface area contributed by atoms with E-state index in [1.807, 2.05) is 112 Å². The lowest BCUT2D eigenvalue weighted by atomic mass is 10.1. The van der Waals surface area contributed by atoms with Gasteiger partial charge in [-0.2, -0.15) is 0 Å². The third kappa shape index (κ3) is 18.9. The molecule has 338 valence electrons. The van der Waals surface area contributed by atoms with Crippen molar-refractivity contribution in [1.29, 1.82) is 21.6 Å². The second-order valence-electron chi connectivity index (χ2n) is 15.5. The van der Waals surface area contributed by atoms with Crippen molar-refractivity contribution < 1.29 is 18.9 Å². The lowest BCUT2D eigenvalue weighted by Gasteiger charge is -2.19. The minimum absolute atomic E-state index is 0.534. The molecule has 0 aromatic heterocycles. The zero-order valence-corrected chi connectivity index (χ0v) is 38.8. The highest BCUT2D eigenvalue weighted by molar-refractivity contribution is 5.80. The lowest BCUT2D eigenvalue weighted by Crippen LogP contribution is -2.27. The molecule has 12 nitrogen and oxygen atoms in total. The molecule has 0 saturated heterocycles. The fraction of sp³-hybridized carbons (Fsp3) is 0.480. The number of hydrogen-bond donors (Lipinski definition) is 4. The Hall–Kier alpha value is -5.78. The first kappa shape index (κ1) is 50.6. The van der Waals surface area contributed by atoms with Crippen LogP contribution in [-0.4, -0.2) is 124 Å². The van der Waals surface area contributed by atoms with Gasteiger partial charge in [-0.05, 0) is 72.2 Å². The molecule has 0 saturated carbocycles. The van der Waals surface area contributed by atoms with Crippen LogP contribution in [0.2, 0.25) is 0 Å². The minimum atomic E-state index is 0.534. The summed E-state index contributed by atoms with van der Waals surface area (Å²) in [5.74, 6) is 5.45. The van der Waals surface area contributed by atoms with Gasteiger partial charge in [0.2, 0.25) is 0 Å². The van der Waals surface area contributed by atoms with Crippen molar-refractivity contribution >= 4 is 47.6 Å². The van der Waals surface area contributed by atoms with Crippen molar-refractivity contribution in [2.45, 2.75) is 79.1 Å². The van der Waals surface area contributed by atoms with Crippen molar-refractivity contribution in [2.24, 2.45) is 0 Å². The molecule has 0 atom stereocenters. The van der Waals surface area contributed by atoms with Gasteiger partial charge in [-0.15, -0.1) is 0 Å². The Bertz CT molecular complexity index is 1680. The predicted octanol–water partition coefficient (Wildman–Crippen LogP) is 10.4. The topological polar surface area (TPSA) is 145 Å². The van der Waals surface area contributed by atoms with Crippen LogP contribution in [0.4, 0.5) is 0 Å². The van der Waals surface area contributed by atoms with Crippen LogP contribution in [0.5, 0.6) is 23.0 Å². The molecule has 0 amide bonds. The number of ether oxygens (including phenoxy) is 4. The number of benzene rings is 3. The summed E-state index contributed by atoms with van der Waals surface area (Å²) in [7, 11) is 7.79. The standard InChI is InChI=1S/C50H74N8O4/c1-9-47(51)55(5)25-13-29-59-43-33-41(34-44(37-43)60-30-14-26-56(6)48(52)10-2)23-21-39-17-19-40(20-18-39)22-24-42-35-45(61-31-15-27-57(7)49(53)11-3)38-46(36-42)62-32-16-28-58(8)50(54)12-4/h17-24,33-38,51-54H,9-16,25-32H2,1-8H3/b23-21+,24-22+,51-47?,52-48?,53-49?,54-50?. The molecule has 3 aromatic carbocycles. The van der Waals surface area contributed by atoms with E-state index >= 15 is 0 Å². The molecule has 12 heteroatoms. The summed E-state index contributed by atoms with van der Waals surface area (Å²) in [5.41, 5.74) is 4.06. The molecule has 0 spiro atoms. The van der Waals surface area contributed by atoms with E-state index in [-0.39, 0.29) is 0 Å². The van der Waals surface area contributed by atoms with Crippen LogP contribution in [0.3, 0.4) is 0 Å². The smallest absolute Gasteiger partial charge is 0.123 e. The summed E-state index contributed by atoms with van der Waals surface area (Å²) in [4.78, 5) is 7.85. The maximum absolute atomic E-state index is 8.06. The van der Waals surface area contributed by atoms with Gasteiger partial charge in [0.25, 0.3) is 0 Å². The average molecular weight is 851 g/mol. The molecular weight excluding hydrogens is 777 g/mol. The van der Waals surface area contributed by atoms with Gasteiger partial charge in [0.15, 0.2) is 0 Å². The van der Waals surface area contributed by atoms with Gasteiger partial charge >= 0.3 is 0 Å². The minimum Gasteiger partial charge on any atom is -0.493 e. The van der Waals surface area contributed by atoms with E-state index in [4.69, 9.17) is 40.6 Å². The van der Waals surface area contributed by atoms with Crippen molar-refractivity contribution in [3.8, 4) is 23.0 Å². The highest BCUT2D eigenvalue weighted by Gasteiger charge is 2.09. The predicted molar refractivity (Wildman–Crippen MR) is 260 cm³/mol. The fourth-order valence-electron chi connectivity index (χ4n) is 6.40. The Morgan fingerprint density at radius 2 is 0.613 bits per heavy atom. The number of nitrogens with zero attached hydrogens (tertiary/aromatic N) is 4. The summed E-state index contributed by atoms with van der Waals surface area (Å²) in [6, 6.07) is 20.4. The third-order valence-corrected chi connectivity index (χ3v) is 10.5. The SMILES string of the molecule is CCC(=N)N(C)CCCOc1cc(/C=C/c2ccc(/C=C/c3cc(OCCCN(C)C(=N)CC)cc(OCCCN(C)C(=N)CC)c3)cc2)cc(OCCCN(C)C(=N)CC)c1. The lowest BCUT2D eigenvalue weighted by molar-refractivity contribution is 0.280. The number of amidine groups is 4. The number of rotatable bonds is 28. The molecular formula is C50H74N8O4. The van der Waals surface area contributed by atoms with Gasteiger partial charge in [-0.1, -0.05) is 76.3 Å². The van der Waals surface area contributed by atoms with Gasteiger partial charge in [0.1, 0.15) is 23.0 Å². The van der Waals surface area contributed by atoms with E-state index in [1.54, 1.807) is 0 Å². The quantitative estimate of drug-likeness (QED) is 0.0245. The van der Waals surface area contributed by atoms with Gasteiger partial charge in [0.05, 0.1) is 49.8 Å². The van der Waals surface area contributed by atoms with E-state index in [9.17, 15) is 0 Å². The van der Waals surface area contributed by atoms with Gasteiger partial charge < -0.3 is 38.5 Å². The summed E-state index contributed by atoms with van der Waals surface area (Å²) < 4.78 is 24.8. The molecule has 0 bridgehead atoms. The summed E-state index contributed by atoms with van der Waals surface area (Å²) in [6.07, 6.45) is 14.4. The number of nitrogens with one attached hydrogen (secondary N) is 4. The molecule has 0 heterocycles. The summed E-state index contributed by atoms with van der Waals surface area (Å²) in [6.45, 7) is 13.1. The highest BCUT2D eigenvalue weighted by Crippen LogP contribution is 2.27. The van der Waals surface area contributed by atoms with Gasteiger partial charge in [-0.25, -0.2) is 0 Å². The Labute approximate surface area is 372 Å². The maximum atomic E-state index is 8.06. The van der Waals surface area contributed by atoms with Gasteiger partial charge in [0, 0.05) is 92.2 Å². The van der Waals surface area contributed by atoms with Crippen LogP contribution < -0.4 is 18.9 Å². The Morgan fingerprint density at radius 1 is 0.387 bits per heavy atom. The molecule has 3 rings (SSSR count). The molecule has 0 unspecified atom stereocenters. The van der Waals surface area contributed by atoms with Crippen LogP contribution in [0, 0.1) is 21.6 Å². The van der Waals surface area contributed by atoms with E-state index < -0.39 is 0 Å². The van der Waals surface area contributed by atoms with Crippen LogP contribution in [-0.2, 0) is 0 Å². The molecule has 4 N–H and O–H groups in total.